The number of carbonyl (C=O) groups excluding carboxylic acids is 1. The molecule has 1 aromatic carbocycles. The summed E-state index contributed by atoms with van der Waals surface area (Å²) in [5, 5.41) is 3.03. The number of carbonyl (C=O) groups is 1. The fourth-order valence-corrected chi connectivity index (χ4v) is 8.32. The van der Waals surface area contributed by atoms with Crippen LogP contribution in [-0.4, -0.2) is 51.9 Å². The Morgan fingerprint density at radius 1 is 1.09 bits per heavy atom. The van der Waals surface area contributed by atoms with E-state index in [1.54, 1.807) is 6.07 Å². The second-order valence-electron chi connectivity index (χ2n) is 9.79. The minimum atomic E-state index is -4.95. The molecule has 0 bridgehead atoms. The van der Waals surface area contributed by atoms with Crippen LogP contribution in [0.4, 0.5) is 38.0 Å². The van der Waals surface area contributed by atoms with Crippen molar-refractivity contribution in [1.29, 1.82) is 0 Å². The van der Waals surface area contributed by atoms with Gasteiger partial charge >= 0.3 is 197 Å². The average molecular weight is 593 g/mol. The maximum absolute atomic E-state index is 13.5. The summed E-state index contributed by atoms with van der Waals surface area (Å²) in [5.74, 6) is -1.60. The van der Waals surface area contributed by atoms with Gasteiger partial charge < -0.3 is 0 Å². The molecular weight excluding hydrogens is 569 g/mol. The van der Waals surface area contributed by atoms with Crippen LogP contribution in [-0.2, 0) is 23.9 Å². The quantitative estimate of drug-likeness (QED) is 0.396. The van der Waals surface area contributed by atoms with Crippen LogP contribution in [0.1, 0.15) is 41.0 Å². The van der Waals surface area contributed by atoms with Crippen molar-refractivity contribution < 1.29 is 31.1 Å². The van der Waals surface area contributed by atoms with Crippen molar-refractivity contribution in [2.75, 3.05) is 11.9 Å². The van der Waals surface area contributed by atoms with Crippen molar-refractivity contribution >= 4 is 39.6 Å². The van der Waals surface area contributed by atoms with E-state index in [0.717, 1.165) is 35.1 Å². The monoisotopic (exact) mass is 594 g/mol. The molecule has 5 nitrogen and oxygen atoms in total. The maximum atomic E-state index is 13.5. The van der Waals surface area contributed by atoms with Gasteiger partial charge in [0.1, 0.15) is 0 Å². The molecule has 2 aliphatic rings. The van der Waals surface area contributed by atoms with Crippen LogP contribution in [0.25, 0.3) is 0 Å². The first-order valence-electron chi connectivity index (χ1n) is 10.9. The molecule has 1 fully saturated rings. The Bertz CT molecular complexity index is 1120. The van der Waals surface area contributed by atoms with Gasteiger partial charge in [0.2, 0.25) is 0 Å². The Kier molecular flexibility index (Phi) is 6.31. The van der Waals surface area contributed by atoms with E-state index in [1.165, 1.54) is 0 Å². The van der Waals surface area contributed by atoms with Gasteiger partial charge in [-0.25, -0.2) is 0 Å². The molecular formula is C22H24F6N4OSn. The van der Waals surface area contributed by atoms with E-state index in [9.17, 15) is 31.1 Å². The SMILES string of the molecule is [CH3][Sn]([CH3])([CH3])[c]1nc(Nc2cc3c(cc2C2CC2)CCN(C(=O)C(F)(F)F)C3)ncc1C(F)(F)F. The van der Waals surface area contributed by atoms with E-state index in [1.807, 2.05) is 20.9 Å². The fourth-order valence-electron chi connectivity index (χ4n) is 4.16. The number of nitrogens with zero attached hydrogens (tertiary/aromatic N) is 3. The molecule has 2 aromatic rings. The van der Waals surface area contributed by atoms with E-state index >= 15 is 0 Å². The molecule has 4 rings (SSSR count). The molecule has 1 aromatic heterocycles. The van der Waals surface area contributed by atoms with E-state index in [4.69, 9.17) is 0 Å². The summed E-state index contributed by atoms with van der Waals surface area (Å²) in [7, 11) is 0. The van der Waals surface area contributed by atoms with Gasteiger partial charge in [0, 0.05) is 0 Å². The first kappa shape index (κ1) is 25.1. The molecule has 0 spiro atoms. The third kappa shape index (κ3) is 5.28. The number of rotatable bonds is 4. The summed E-state index contributed by atoms with van der Waals surface area (Å²) in [6.45, 7) is -0.211. The van der Waals surface area contributed by atoms with Gasteiger partial charge in [-0.3, -0.25) is 0 Å². The van der Waals surface area contributed by atoms with E-state index in [0.29, 0.717) is 17.7 Å². The zero-order valence-electron chi connectivity index (χ0n) is 18.9. The molecule has 34 heavy (non-hydrogen) atoms. The Morgan fingerprint density at radius 2 is 1.76 bits per heavy atom. The number of alkyl halides is 6. The van der Waals surface area contributed by atoms with Crippen LogP contribution in [0, 0.1) is 0 Å². The van der Waals surface area contributed by atoms with Crippen molar-refractivity contribution in [3.05, 3.63) is 40.6 Å². The number of halogens is 6. The first-order valence-corrected chi connectivity index (χ1v) is 20.9. The topological polar surface area (TPSA) is 58.1 Å². The molecule has 0 radical (unpaired) electrons. The predicted molar refractivity (Wildman–Crippen MR) is 117 cm³/mol. The molecule has 1 aliphatic heterocycles. The molecule has 0 unspecified atom stereocenters. The zero-order valence-corrected chi connectivity index (χ0v) is 21.7. The number of nitrogens with one attached hydrogen (secondary N) is 1. The van der Waals surface area contributed by atoms with Gasteiger partial charge in [0.25, 0.3) is 0 Å². The molecule has 0 atom stereocenters. The molecule has 0 saturated heterocycles. The molecule has 2 heterocycles. The van der Waals surface area contributed by atoms with E-state index in [2.05, 4.69) is 15.3 Å². The zero-order chi connectivity index (χ0) is 25.1. The Hall–Kier alpha value is -2.05. The third-order valence-electron chi connectivity index (χ3n) is 5.98. The fraction of sp³-hybridized carbons (Fsp3) is 0.500. The third-order valence-corrected chi connectivity index (χ3v) is 11.1. The molecule has 12 heteroatoms. The minimum absolute atomic E-state index is 0.0216. The normalized spacial score (nSPS) is 16.9. The summed E-state index contributed by atoms with van der Waals surface area (Å²) in [5.41, 5.74) is 2.11. The Balaban J connectivity index is 1.70. The number of benzene rings is 1. The van der Waals surface area contributed by atoms with Gasteiger partial charge in [-0.05, 0) is 0 Å². The van der Waals surface area contributed by atoms with Gasteiger partial charge in [-0.1, -0.05) is 0 Å². The second kappa shape index (κ2) is 8.56. The van der Waals surface area contributed by atoms with Gasteiger partial charge in [0.05, 0.1) is 0 Å². The van der Waals surface area contributed by atoms with Crippen LogP contribution in [0.3, 0.4) is 0 Å². The number of hydrogen-bond acceptors (Lipinski definition) is 4. The van der Waals surface area contributed by atoms with Crippen molar-refractivity contribution in [3.8, 4) is 0 Å². The van der Waals surface area contributed by atoms with Gasteiger partial charge in [0.15, 0.2) is 0 Å². The van der Waals surface area contributed by atoms with Gasteiger partial charge in [-0.2, -0.15) is 0 Å². The second-order valence-corrected chi connectivity index (χ2v) is 24.0. The van der Waals surface area contributed by atoms with Crippen LogP contribution in [0.5, 0.6) is 0 Å². The number of amides is 1. The van der Waals surface area contributed by atoms with Crippen molar-refractivity contribution in [1.82, 2.24) is 14.9 Å². The molecule has 1 amide bonds. The molecule has 184 valence electrons. The summed E-state index contributed by atoms with van der Waals surface area (Å²) in [4.78, 5) is 26.1. The van der Waals surface area contributed by atoms with Crippen LogP contribution in [0.15, 0.2) is 18.3 Å². The molecule has 1 saturated carbocycles. The standard InChI is InChI=1S/C19H15F6N4O.3CH3.Sn/c20-18(21,22)13-7-26-17(27-8-13)28-15-6-12-9-29(16(30)19(23,24)25)4-3-11(12)5-14(15)10-1-2-10;;;;/h5-7,10H,1-4,9H2,(H,26,27,28);3*1H3;. The van der Waals surface area contributed by atoms with Crippen molar-refractivity contribution in [2.45, 2.75) is 58.9 Å². The number of aromatic nitrogens is 2. The van der Waals surface area contributed by atoms with Crippen LogP contribution >= 0.6 is 0 Å². The first-order chi connectivity index (χ1) is 15.6. The molecule has 1 aliphatic carbocycles. The number of fused-ring (bicyclic) bond motifs is 1. The summed E-state index contributed by atoms with van der Waals surface area (Å²) >= 11 is -3.29. The summed E-state index contributed by atoms with van der Waals surface area (Å²) < 4.78 is 79.3. The number of hydrogen-bond donors (Lipinski definition) is 1. The van der Waals surface area contributed by atoms with Gasteiger partial charge in [-0.15, -0.1) is 0 Å². The Labute approximate surface area is 196 Å². The van der Waals surface area contributed by atoms with E-state index in [-0.39, 0.29) is 28.7 Å². The average Bonchev–Trinajstić information content (AvgIpc) is 3.55. The van der Waals surface area contributed by atoms with Crippen molar-refractivity contribution in [2.24, 2.45) is 0 Å². The molecule has 1 N–H and O–H groups in total. The Morgan fingerprint density at radius 3 is 2.32 bits per heavy atom. The van der Waals surface area contributed by atoms with E-state index < -0.39 is 42.2 Å². The predicted octanol–water partition coefficient (Wildman–Crippen LogP) is 5.11. The summed E-state index contributed by atoms with van der Waals surface area (Å²) in [6.07, 6.45) is -6.51. The van der Waals surface area contributed by atoms with Crippen molar-refractivity contribution in [3.63, 3.8) is 0 Å². The summed E-state index contributed by atoms with van der Waals surface area (Å²) in [6, 6.07) is 3.61. The number of anilines is 2. The van der Waals surface area contributed by atoms with Crippen LogP contribution < -0.4 is 9.03 Å². The van der Waals surface area contributed by atoms with Crippen LogP contribution in [0.2, 0.25) is 14.8 Å².